The normalized spacial score (nSPS) is 12.5. The zero-order valence-corrected chi connectivity index (χ0v) is 16.0. The number of benzene rings is 1. The van der Waals surface area contributed by atoms with Gasteiger partial charge in [-0.25, -0.2) is 4.98 Å². The third kappa shape index (κ3) is 3.47. The van der Waals surface area contributed by atoms with Gasteiger partial charge in [-0.1, -0.05) is 49.3 Å². The number of rotatable bonds is 5. The van der Waals surface area contributed by atoms with Gasteiger partial charge < -0.3 is 9.42 Å². The van der Waals surface area contributed by atoms with Gasteiger partial charge in [-0.2, -0.15) is 0 Å². The summed E-state index contributed by atoms with van der Waals surface area (Å²) in [6.45, 7) is 8.24. The van der Waals surface area contributed by atoms with Crippen molar-refractivity contribution in [3.8, 4) is 11.3 Å². The Morgan fingerprint density at radius 2 is 1.88 bits per heavy atom. The molecule has 0 aliphatic heterocycles. The van der Waals surface area contributed by atoms with E-state index >= 15 is 0 Å². The lowest BCUT2D eigenvalue weighted by Crippen LogP contribution is -2.36. The summed E-state index contributed by atoms with van der Waals surface area (Å²) in [4.78, 5) is 19.6. The van der Waals surface area contributed by atoms with Crippen LogP contribution in [-0.4, -0.2) is 34.0 Å². The molecule has 0 fully saturated rings. The van der Waals surface area contributed by atoms with Gasteiger partial charge in [-0.15, -0.1) is 0 Å². The summed E-state index contributed by atoms with van der Waals surface area (Å²) in [5.74, 6) is 0.490. The van der Waals surface area contributed by atoms with Crippen LogP contribution in [0.1, 0.15) is 43.2 Å². The maximum Gasteiger partial charge on any atom is 0.259 e. The van der Waals surface area contributed by atoms with Gasteiger partial charge in [0, 0.05) is 18.7 Å². The van der Waals surface area contributed by atoms with Gasteiger partial charge in [-0.05, 0) is 32.3 Å². The Bertz CT molecular complexity index is 916. The van der Waals surface area contributed by atoms with Crippen LogP contribution in [0, 0.1) is 12.8 Å². The lowest BCUT2D eigenvalue weighted by atomic mass is 10.0. The summed E-state index contributed by atoms with van der Waals surface area (Å²) < 4.78 is 5.37. The largest absolute Gasteiger partial charge is 0.339 e. The molecule has 136 valence electrons. The highest BCUT2D eigenvalue weighted by Gasteiger charge is 2.24. The molecule has 26 heavy (non-hydrogen) atoms. The third-order valence-electron chi connectivity index (χ3n) is 4.71. The summed E-state index contributed by atoms with van der Waals surface area (Å²) in [5.41, 5.74) is 3.32. The van der Waals surface area contributed by atoms with Gasteiger partial charge in [-0.3, -0.25) is 4.79 Å². The Hall–Kier alpha value is -2.69. The number of pyridine rings is 1. The first-order chi connectivity index (χ1) is 12.4. The Kier molecular flexibility index (Phi) is 5.07. The molecule has 0 aliphatic carbocycles. The Morgan fingerprint density at radius 1 is 1.19 bits per heavy atom. The number of carbonyl (C=O) groups is 1. The Balaban J connectivity index is 2.09. The minimum absolute atomic E-state index is 0.0333. The van der Waals surface area contributed by atoms with Crippen molar-refractivity contribution >= 4 is 17.0 Å². The number of carbonyl (C=O) groups excluding carboxylic acids is 1. The fourth-order valence-electron chi connectivity index (χ4n) is 3.25. The molecule has 0 saturated carbocycles. The van der Waals surface area contributed by atoms with Gasteiger partial charge in [0.1, 0.15) is 0 Å². The van der Waals surface area contributed by atoms with Crippen LogP contribution in [0.3, 0.4) is 0 Å². The second kappa shape index (κ2) is 7.28. The van der Waals surface area contributed by atoms with Crippen LogP contribution in [0.4, 0.5) is 0 Å². The van der Waals surface area contributed by atoms with Crippen LogP contribution in [0.2, 0.25) is 0 Å². The molecule has 0 radical (unpaired) electrons. The topological polar surface area (TPSA) is 59.2 Å². The maximum atomic E-state index is 13.2. The first-order valence-corrected chi connectivity index (χ1v) is 8.98. The molecule has 0 saturated heterocycles. The first-order valence-electron chi connectivity index (χ1n) is 8.98. The molecule has 1 unspecified atom stereocenters. The van der Waals surface area contributed by atoms with Crippen molar-refractivity contribution in [3.63, 3.8) is 0 Å². The van der Waals surface area contributed by atoms with Crippen LogP contribution >= 0.6 is 0 Å². The highest BCUT2D eigenvalue weighted by molar-refractivity contribution is 6.07. The molecule has 2 heterocycles. The van der Waals surface area contributed by atoms with E-state index in [0.29, 0.717) is 34.0 Å². The van der Waals surface area contributed by atoms with E-state index in [9.17, 15) is 4.79 Å². The van der Waals surface area contributed by atoms with E-state index < -0.39 is 0 Å². The molecule has 1 atom stereocenters. The highest BCUT2D eigenvalue weighted by Crippen LogP contribution is 2.28. The summed E-state index contributed by atoms with van der Waals surface area (Å²) in [5, 5.41) is 4.71. The van der Waals surface area contributed by atoms with Gasteiger partial charge in [0.05, 0.1) is 22.3 Å². The molecule has 0 aliphatic rings. The van der Waals surface area contributed by atoms with E-state index in [-0.39, 0.29) is 11.9 Å². The summed E-state index contributed by atoms with van der Waals surface area (Å²) in [6.07, 6.45) is 0.949. The molecule has 1 aromatic carbocycles. The van der Waals surface area contributed by atoms with E-state index in [1.54, 1.807) is 4.90 Å². The van der Waals surface area contributed by atoms with E-state index in [2.05, 4.69) is 30.9 Å². The van der Waals surface area contributed by atoms with Crippen molar-refractivity contribution in [3.05, 3.63) is 47.7 Å². The molecule has 3 aromatic rings. The van der Waals surface area contributed by atoms with Crippen molar-refractivity contribution in [1.29, 1.82) is 0 Å². The van der Waals surface area contributed by atoms with Crippen LogP contribution in [0.15, 0.2) is 40.9 Å². The third-order valence-corrected chi connectivity index (χ3v) is 4.71. The number of fused-ring (bicyclic) bond motifs is 1. The molecule has 0 bridgehead atoms. The molecule has 3 rings (SSSR count). The average Bonchev–Trinajstić information content (AvgIpc) is 3.01. The molecular weight excluding hydrogens is 326 g/mol. The second-order valence-corrected chi connectivity index (χ2v) is 7.26. The quantitative estimate of drug-likeness (QED) is 0.668. The molecular formula is C21H25N3O2. The highest BCUT2D eigenvalue weighted by atomic mass is 16.5. The number of hydrogen-bond donors (Lipinski definition) is 0. The van der Waals surface area contributed by atoms with Crippen LogP contribution in [0.25, 0.3) is 22.4 Å². The number of amides is 1. The van der Waals surface area contributed by atoms with E-state index in [4.69, 9.17) is 4.52 Å². The minimum Gasteiger partial charge on any atom is -0.339 e. The molecule has 1 amide bonds. The average molecular weight is 351 g/mol. The van der Waals surface area contributed by atoms with E-state index in [1.165, 1.54) is 0 Å². The Morgan fingerprint density at radius 3 is 2.54 bits per heavy atom. The molecule has 0 N–H and O–H groups in total. The van der Waals surface area contributed by atoms with Crippen LogP contribution in [-0.2, 0) is 0 Å². The van der Waals surface area contributed by atoms with Crippen molar-refractivity contribution in [2.45, 2.75) is 40.2 Å². The predicted octanol–water partition coefficient (Wildman–Crippen LogP) is 4.70. The lowest BCUT2D eigenvalue weighted by Gasteiger charge is -2.26. The predicted molar refractivity (Wildman–Crippen MR) is 103 cm³/mol. The van der Waals surface area contributed by atoms with Gasteiger partial charge in [0.25, 0.3) is 11.6 Å². The zero-order chi connectivity index (χ0) is 18.8. The van der Waals surface area contributed by atoms with Crippen molar-refractivity contribution in [2.75, 3.05) is 7.05 Å². The van der Waals surface area contributed by atoms with Crippen LogP contribution < -0.4 is 0 Å². The number of nitrogens with zero attached hydrogens (tertiary/aromatic N) is 3. The fraction of sp³-hybridized carbons (Fsp3) is 0.381. The SMILES string of the molecule is Cc1noc2nc(-c3ccccc3)cc(C(=O)N(C)C(C)CC(C)C)c12. The standard InChI is InChI=1S/C21H25N3O2/c1-13(2)11-14(3)24(5)21(25)17-12-18(16-9-7-6-8-10-16)22-20-19(17)15(4)23-26-20/h6-10,12-14H,11H2,1-5H3. The smallest absolute Gasteiger partial charge is 0.259 e. The first kappa shape index (κ1) is 18.1. The van der Waals surface area contributed by atoms with Crippen molar-refractivity contribution in [2.24, 2.45) is 5.92 Å². The number of aryl methyl sites for hydroxylation is 1. The summed E-state index contributed by atoms with van der Waals surface area (Å²) in [6, 6.07) is 11.8. The number of aromatic nitrogens is 2. The summed E-state index contributed by atoms with van der Waals surface area (Å²) in [7, 11) is 1.85. The van der Waals surface area contributed by atoms with Crippen LogP contribution in [0.5, 0.6) is 0 Å². The maximum absolute atomic E-state index is 13.2. The van der Waals surface area contributed by atoms with Crippen molar-refractivity contribution in [1.82, 2.24) is 15.0 Å². The molecule has 0 spiro atoms. The van der Waals surface area contributed by atoms with Gasteiger partial charge in [0.15, 0.2) is 0 Å². The van der Waals surface area contributed by atoms with E-state index in [1.807, 2.05) is 50.4 Å². The fourth-order valence-corrected chi connectivity index (χ4v) is 3.25. The molecule has 2 aromatic heterocycles. The molecule has 5 heteroatoms. The van der Waals surface area contributed by atoms with E-state index in [0.717, 1.165) is 12.0 Å². The van der Waals surface area contributed by atoms with Gasteiger partial charge >= 0.3 is 0 Å². The van der Waals surface area contributed by atoms with Crippen molar-refractivity contribution < 1.29 is 9.32 Å². The summed E-state index contributed by atoms with van der Waals surface area (Å²) >= 11 is 0. The molecule has 5 nitrogen and oxygen atoms in total. The monoisotopic (exact) mass is 351 g/mol. The Labute approximate surface area is 154 Å². The zero-order valence-electron chi connectivity index (χ0n) is 16.0. The lowest BCUT2D eigenvalue weighted by molar-refractivity contribution is 0.0730. The second-order valence-electron chi connectivity index (χ2n) is 7.26. The minimum atomic E-state index is -0.0333. The van der Waals surface area contributed by atoms with Gasteiger partial charge in [0.2, 0.25) is 0 Å². The number of hydrogen-bond acceptors (Lipinski definition) is 4.